The van der Waals surface area contributed by atoms with Gasteiger partial charge in [0.2, 0.25) is 5.96 Å². The average Bonchev–Trinajstić information content (AvgIpc) is 3.03. The van der Waals surface area contributed by atoms with E-state index < -0.39 is 0 Å². The highest BCUT2D eigenvalue weighted by Crippen LogP contribution is 2.44. The van der Waals surface area contributed by atoms with Crippen molar-refractivity contribution in [3.05, 3.63) is 36.0 Å². The number of nitrogens with one attached hydrogen (secondary N) is 1. The SMILES string of the molecule is C=CC1=C(/C=C\C)CCCC2(C)C1=NC(N)=NC2N1CC2CCCNC2C1. The van der Waals surface area contributed by atoms with Crippen LogP contribution in [0.25, 0.3) is 0 Å². The zero-order chi connectivity index (χ0) is 19.0. The number of nitrogens with zero attached hydrogens (tertiary/aromatic N) is 3. The number of nitrogens with two attached hydrogens (primary N) is 1. The number of piperidine rings is 1. The third-order valence-electron chi connectivity index (χ3n) is 6.88. The van der Waals surface area contributed by atoms with Crippen LogP contribution >= 0.6 is 0 Å². The predicted octanol–water partition coefficient (Wildman–Crippen LogP) is 3.01. The second-order valence-electron chi connectivity index (χ2n) is 8.65. The fraction of sp³-hybridized carbons (Fsp3) is 0.636. The monoisotopic (exact) mass is 367 g/mol. The molecule has 3 N–H and O–H groups in total. The normalized spacial score (nSPS) is 37.5. The summed E-state index contributed by atoms with van der Waals surface area (Å²) in [5, 5.41) is 3.72. The molecule has 1 aliphatic carbocycles. The summed E-state index contributed by atoms with van der Waals surface area (Å²) in [6.07, 6.45) is 12.2. The van der Waals surface area contributed by atoms with Crippen LogP contribution in [0.2, 0.25) is 0 Å². The number of hydrogen-bond acceptors (Lipinski definition) is 5. The van der Waals surface area contributed by atoms with Gasteiger partial charge >= 0.3 is 0 Å². The highest BCUT2D eigenvalue weighted by molar-refractivity contribution is 6.13. The topological polar surface area (TPSA) is 66.0 Å². The summed E-state index contributed by atoms with van der Waals surface area (Å²) in [5.41, 5.74) is 9.68. The maximum Gasteiger partial charge on any atom is 0.217 e. The van der Waals surface area contributed by atoms with Crippen LogP contribution in [0.1, 0.15) is 46.0 Å². The van der Waals surface area contributed by atoms with E-state index in [9.17, 15) is 0 Å². The first-order chi connectivity index (χ1) is 13.1. The van der Waals surface area contributed by atoms with Gasteiger partial charge in [0.1, 0.15) is 6.17 Å². The van der Waals surface area contributed by atoms with Crippen molar-refractivity contribution in [2.24, 2.45) is 27.1 Å². The molecule has 4 unspecified atom stereocenters. The van der Waals surface area contributed by atoms with Crippen LogP contribution in [0.3, 0.4) is 0 Å². The Hall–Kier alpha value is -1.72. The van der Waals surface area contributed by atoms with E-state index in [0.29, 0.717) is 12.0 Å². The molecule has 5 heteroatoms. The van der Waals surface area contributed by atoms with E-state index in [-0.39, 0.29) is 11.6 Å². The number of aliphatic imine (C=N–C) groups is 2. The van der Waals surface area contributed by atoms with E-state index in [4.69, 9.17) is 15.7 Å². The number of hydrogen-bond donors (Lipinski definition) is 2. The van der Waals surface area contributed by atoms with E-state index in [0.717, 1.165) is 56.1 Å². The molecule has 0 saturated carbocycles. The van der Waals surface area contributed by atoms with Gasteiger partial charge in [0, 0.05) is 24.5 Å². The summed E-state index contributed by atoms with van der Waals surface area (Å²) in [4.78, 5) is 12.2. The molecule has 0 spiro atoms. The van der Waals surface area contributed by atoms with Crippen molar-refractivity contribution in [3.63, 3.8) is 0 Å². The molecular formula is C22H33N5. The molecule has 0 aromatic rings. The Balaban J connectivity index is 1.72. The van der Waals surface area contributed by atoms with Gasteiger partial charge in [-0.25, -0.2) is 9.98 Å². The van der Waals surface area contributed by atoms with E-state index in [1.807, 2.05) is 6.08 Å². The van der Waals surface area contributed by atoms with Gasteiger partial charge in [0.05, 0.1) is 5.71 Å². The van der Waals surface area contributed by atoms with Crippen LogP contribution in [-0.2, 0) is 0 Å². The summed E-state index contributed by atoms with van der Waals surface area (Å²) < 4.78 is 0. The zero-order valence-electron chi connectivity index (χ0n) is 16.7. The maximum atomic E-state index is 6.24. The van der Waals surface area contributed by atoms with Crippen LogP contribution in [0.4, 0.5) is 0 Å². The highest BCUT2D eigenvalue weighted by Gasteiger charge is 2.49. The molecule has 0 radical (unpaired) electrons. The van der Waals surface area contributed by atoms with E-state index >= 15 is 0 Å². The molecule has 4 aliphatic rings. The van der Waals surface area contributed by atoms with E-state index in [2.05, 4.69) is 42.8 Å². The molecule has 27 heavy (non-hydrogen) atoms. The molecule has 3 aliphatic heterocycles. The Kier molecular flexibility index (Phi) is 5.08. The Morgan fingerprint density at radius 2 is 2.19 bits per heavy atom. The van der Waals surface area contributed by atoms with Crippen LogP contribution in [-0.4, -0.2) is 48.4 Å². The van der Waals surface area contributed by atoms with Crippen LogP contribution in [0, 0.1) is 11.3 Å². The second kappa shape index (κ2) is 7.36. The lowest BCUT2D eigenvalue weighted by Gasteiger charge is -2.43. The predicted molar refractivity (Wildman–Crippen MR) is 113 cm³/mol. The van der Waals surface area contributed by atoms with Crippen molar-refractivity contribution in [1.82, 2.24) is 10.2 Å². The molecule has 5 nitrogen and oxygen atoms in total. The molecule has 0 bridgehead atoms. The summed E-state index contributed by atoms with van der Waals surface area (Å²) in [7, 11) is 0. The number of guanidine groups is 1. The van der Waals surface area contributed by atoms with Crippen molar-refractivity contribution >= 4 is 11.7 Å². The summed E-state index contributed by atoms with van der Waals surface area (Å²) in [6.45, 7) is 11.8. The quantitative estimate of drug-likeness (QED) is 0.806. The van der Waals surface area contributed by atoms with E-state index in [1.54, 1.807) is 0 Å². The van der Waals surface area contributed by atoms with Gasteiger partial charge in [-0.3, -0.25) is 4.90 Å². The van der Waals surface area contributed by atoms with Crippen molar-refractivity contribution in [1.29, 1.82) is 0 Å². The lowest BCUT2D eigenvalue weighted by molar-refractivity contribution is 0.137. The van der Waals surface area contributed by atoms with Gasteiger partial charge in [-0.2, -0.15) is 0 Å². The number of allylic oxidation sites excluding steroid dienone is 5. The number of fused-ring (bicyclic) bond motifs is 2. The first-order valence-electron chi connectivity index (χ1n) is 10.5. The highest BCUT2D eigenvalue weighted by atomic mass is 15.3. The molecule has 2 saturated heterocycles. The fourth-order valence-electron chi connectivity index (χ4n) is 5.58. The van der Waals surface area contributed by atoms with E-state index in [1.165, 1.54) is 18.4 Å². The molecule has 4 rings (SSSR count). The Morgan fingerprint density at radius 1 is 1.33 bits per heavy atom. The number of rotatable bonds is 3. The van der Waals surface area contributed by atoms with Crippen molar-refractivity contribution in [3.8, 4) is 0 Å². The minimum atomic E-state index is -0.122. The third kappa shape index (κ3) is 3.21. The molecule has 0 aromatic heterocycles. The van der Waals surface area contributed by atoms with Gasteiger partial charge in [0.25, 0.3) is 0 Å². The second-order valence-corrected chi connectivity index (χ2v) is 8.65. The zero-order valence-corrected chi connectivity index (χ0v) is 16.7. The molecule has 0 aromatic carbocycles. The standard InChI is InChI=1S/C22H33N5/c1-4-8-15-9-6-11-22(3)19(17(15)5-2)25-21(23)26-20(22)27-13-16-10-7-12-24-18(16)14-27/h4-5,8,16,18,20,24H,2,6-7,9-14H2,1,3H3,(H2,23,26)/b8-4-. The lowest BCUT2D eigenvalue weighted by Crippen LogP contribution is -2.52. The largest absolute Gasteiger partial charge is 0.368 e. The van der Waals surface area contributed by atoms with Gasteiger partial charge in [-0.1, -0.05) is 31.7 Å². The van der Waals surface area contributed by atoms with Gasteiger partial charge in [-0.15, -0.1) is 0 Å². The molecule has 4 atom stereocenters. The van der Waals surface area contributed by atoms with Crippen molar-refractivity contribution in [2.45, 2.75) is 58.2 Å². The van der Waals surface area contributed by atoms with Crippen LogP contribution < -0.4 is 11.1 Å². The summed E-state index contributed by atoms with van der Waals surface area (Å²) in [5.74, 6) is 1.15. The lowest BCUT2D eigenvalue weighted by atomic mass is 9.74. The first-order valence-corrected chi connectivity index (χ1v) is 10.5. The third-order valence-corrected chi connectivity index (χ3v) is 6.88. The molecule has 146 valence electrons. The minimum absolute atomic E-state index is 0.0670. The van der Waals surface area contributed by atoms with Crippen LogP contribution in [0.5, 0.6) is 0 Å². The van der Waals surface area contributed by atoms with Gasteiger partial charge in [0.15, 0.2) is 0 Å². The van der Waals surface area contributed by atoms with Crippen LogP contribution in [0.15, 0.2) is 45.9 Å². The van der Waals surface area contributed by atoms with Gasteiger partial charge in [-0.05, 0) is 62.6 Å². The van der Waals surface area contributed by atoms with Crippen molar-refractivity contribution < 1.29 is 0 Å². The summed E-state index contributed by atoms with van der Waals surface area (Å²) in [6, 6.07) is 0.597. The summed E-state index contributed by atoms with van der Waals surface area (Å²) >= 11 is 0. The Labute approximate surface area is 163 Å². The van der Waals surface area contributed by atoms with Crippen molar-refractivity contribution in [2.75, 3.05) is 19.6 Å². The molecule has 3 heterocycles. The van der Waals surface area contributed by atoms with Gasteiger partial charge < -0.3 is 11.1 Å². The fourth-order valence-corrected chi connectivity index (χ4v) is 5.58. The number of likely N-dealkylation sites (tertiary alicyclic amines) is 1. The average molecular weight is 368 g/mol. The maximum absolute atomic E-state index is 6.24. The smallest absolute Gasteiger partial charge is 0.217 e. The Morgan fingerprint density at radius 3 is 2.93 bits per heavy atom. The molecule has 0 amide bonds. The molecular weight excluding hydrogens is 334 g/mol. The first kappa shape index (κ1) is 18.6. The molecule has 2 fully saturated rings. The Bertz CT molecular complexity index is 717. The minimum Gasteiger partial charge on any atom is -0.368 e.